The van der Waals surface area contributed by atoms with Crippen LogP contribution in [0.3, 0.4) is 0 Å². The van der Waals surface area contributed by atoms with Crippen molar-refractivity contribution in [2.24, 2.45) is 0 Å². The van der Waals surface area contributed by atoms with E-state index in [0.29, 0.717) is 0 Å². The molecule has 1 aromatic rings. The average Bonchev–Trinajstić information content (AvgIpc) is 2.44. The second-order valence-corrected chi connectivity index (χ2v) is 4.65. The first-order valence-electron chi connectivity index (χ1n) is 6.04. The molecule has 9 heteroatoms. The molecule has 0 saturated carbocycles. The summed E-state index contributed by atoms with van der Waals surface area (Å²) in [6.07, 6.45) is -6.16. The van der Waals surface area contributed by atoms with Crippen molar-refractivity contribution in [3.8, 4) is 5.75 Å². The van der Waals surface area contributed by atoms with Crippen molar-refractivity contribution in [3.63, 3.8) is 0 Å². The van der Waals surface area contributed by atoms with Crippen molar-refractivity contribution in [2.75, 3.05) is 7.11 Å². The van der Waals surface area contributed by atoms with Crippen LogP contribution in [-0.4, -0.2) is 25.4 Å². The van der Waals surface area contributed by atoms with Gasteiger partial charge in [0.15, 0.2) is 6.10 Å². The highest BCUT2D eigenvalue weighted by atomic mass is 35.5. The summed E-state index contributed by atoms with van der Waals surface area (Å²) in [5, 5.41) is -0.380. The molecule has 0 fully saturated rings. The highest BCUT2D eigenvalue weighted by molar-refractivity contribution is 6.32. The zero-order chi connectivity index (χ0) is 17.8. The van der Waals surface area contributed by atoms with E-state index in [2.05, 4.69) is 16.1 Å². The zero-order valence-electron chi connectivity index (χ0n) is 12.1. The van der Waals surface area contributed by atoms with Crippen LogP contribution < -0.4 is 4.74 Å². The molecule has 5 nitrogen and oxygen atoms in total. The number of ether oxygens (including phenoxy) is 3. The van der Waals surface area contributed by atoms with Gasteiger partial charge in [-0.1, -0.05) is 24.2 Å². The first kappa shape index (κ1) is 18.8. The standard InChI is InChI=1S/C14H12ClF3O5/c1-7(13(20)21-3)12(22-8(2)19)9-4-5-11(10(15)6-9)23-14(16,17)18/h4-6,12H,1H2,2-3H3. The number of methoxy groups -OCH3 is 1. The van der Waals surface area contributed by atoms with Gasteiger partial charge in [-0.2, -0.15) is 0 Å². The van der Waals surface area contributed by atoms with Crippen LogP contribution >= 0.6 is 11.6 Å². The van der Waals surface area contributed by atoms with Crippen molar-refractivity contribution in [3.05, 3.63) is 40.9 Å². The Bertz CT molecular complexity index is 627. The Hall–Kier alpha value is -2.22. The molecule has 0 spiro atoms. The largest absolute Gasteiger partial charge is 0.573 e. The van der Waals surface area contributed by atoms with Crippen molar-refractivity contribution in [1.82, 2.24) is 0 Å². The number of carbonyl (C=O) groups is 2. The number of esters is 2. The summed E-state index contributed by atoms with van der Waals surface area (Å²) < 4.78 is 49.8. The minimum atomic E-state index is -4.91. The minimum absolute atomic E-state index is 0.134. The Labute approximate surface area is 134 Å². The molecule has 1 unspecified atom stereocenters. The van der Waals surface area contributed by atoms with Gasteiger partial charge in [0.05, 0.1) is 17.7 Å². The maximum atomic E-state index is 12.2. The fraction of sp³-hybridized carbons (Fsp3) is 0.286. The van der Waals surface area contributed by atoms with Gasteiger partial charge in [0.25, 0.3) is 0 Å². The zero-order valence-corrected chi connectivity index (χ0v) is 12.8. The maximum Gasteiger partial charge on any atom is 0.573 e. The SMILES string of the molecule is C=C(C(=O)OC)C(OC(C)=O)c1ccc(OC(F)(F)F)c(Cl)c1. The number of benzene rings is 1. The van der Waals surface area contributed by atoms with Gasteiger partial charge in [-0.3, -0.25) is 4.79 Å². The second-order valence-electron chi connectivity index (χ2n) is 4.24. The fourth-order valence-electron chi connectivity index (χ4n) is 1.63. The second kappa shape index (κ2) is 7.36. The molecular formula is C14H12ClF3O5. The lowest BCUT2D eigenvalue weighted by atomic mass is 10.0. The van der Waals surface area contributed by atoms with Crippen LogP contribution in [0.15, 0.2) is 30.4 Å². The summed E-state index contributed by atoms with van der Waals surface area (Å²) in [6.45, 7) is 4.56. The van der Waals surface area contributed by atoms with Crippen molar-refractivity contribution < 1.29 is 37.0 Å². The number of carbonyl (C=O) groups excluding carboxylic acids is 2. The highest BCUT2D eigenvalue weighted by Crippen LogP contribution is 2.35. The fourth-order valence-corrected chi connectivity index (χ4v) is 1.86. The normalized spacial score (nSPS) is 12.3. The maximum absolute atomic E-state index is 12.2. The monoisotopic (exact) mass is 352 g/mol. The third-order valence-corrected chi connectivity index (χ3v) is 2.83. The molecule has 0 N–H and O–H groups in total. The first-order valence-corrected chi connectivity index (χ1v) is 6.42. The molecule has 0 radical (unpaired) electrons. The summed E-state index contributed by atoms with van der Waals surface area (Å²) in [4.78, 5) is 22.7. The van der Waals surface area contributed by atoms with Crippen LogP contribution in [0.2, 0.25) is 5.02 Å². The molecular weight excluding hydrogens is 341 g/mol. The Morgan fingerprint density at radius 3 is 2.35 bits per heavy atom. The van der Waals surface area contributed by atoms with Gasteiger partial charge in [0.1, 0.15) is 5.75 Å². The molecule has 1 rings (SSSR count). The molecule has 0 aliphatic carbocycles. The van der Waals surface area contributed by atoms with E-state index in [1.165, 1.54) is 0 Å². The third kappa shape index (κ3) is 5.48. The molecule has 0 heterocycles. The smallest absolute Gasteiger partial charge is 0.466 e. The Morgan fingerprint density at radius 2 is 1.91 bits per heavy atom. The van der Waals surface area contributed by atoms with Crippen LogP contribution in [0.25, 0.3) is 0 Å². The number of hydrogen-bond donors (Lipinski definition) is 0. The van der Waals surface area contributed by atoms with E-state index >= 15 is 0 Å². The topological polar surface area (TPSA) is 61.8 Å². The van der Waals surface area contributed by atoms with Crippen molar-refractivity contribution in [2.45, 2.75) is 19.4 Å². The van der Waals surface area contributed by atoms with Gasteiger partial charge in [-0.05, 0) is 17.7 Å². The lowest BCUT2D eigenvalue weighted by molar-refractivity contribution is -0.274. The van der Waals surface area contributed by atoms with Crippen LogP contribution in [0.1, 0.15) is 18.6 Å². The van der Waals surface area contributed by atoms with Gasteiger partial charge in [-0.15, -0.1) is 13.2 Å². The lowest BCUT2D eigenvalue weighted by Crippen LogP contribution is -2.19. The van der Waals surface area contributed by atoms with Gasteiger partial charge in [0, 0.05) is 6.92 Å². The van der Waals surface area contributed by atoms with E-state index in [1.54, 1.807) is 0 Å². The van der Waals surface area contributed by atoms with Gasteiger partial charge in [-0.25, -0.2) is 4.79 Å². The summed E-state index contributed by atoms with van der Waals surface area (Å²) in [5.41, 5.74) is -0.0848. The van der Waals surface area contributed by atoms with Crippen LogP contribution in [0.5, 0.6) is 5.75 Å². The molecule has 0 amide bonds. The van der Waals surface area contributed by atoms with Crippen LogP contribution in [-0.2, 0) is 19.1 Å². The molecule has 126 valence electrons. The quantitative estimate of drug-likeness (QED) is 0.599. The molecule has 1 atom stereocenters. The Kier molecular flexibility index (Phi) is 6.03. The van der Waals surface area contributed by atoms with E-state index in [0.717, 1.165) is 32.2 Å². The van der Waals surface area contributed by atoms with Crippen LogP contribution in [0.4, 0.5) is 13.2 Å². The van der Waals surface area contributed by atoms with Gasteiger partial charge < -0.3 is 14.2 Å². The molecule has 0 aliphatic rings. The predicted molar refractivity (Wildman–Crippen MR) is 73.8 cm³/mol. The molecule has 0 aromatic heterocycles. The number of alkyl halides is 3. The first-order chi connectivity index (χ1) is 10.5. The molecule has 0 bridgehead atoms. The summed E-state index contributed by atoms with van der Waals surface area (Å²) in [5.74, 6) is -2.21. The Morgan fingerprint density at radius 1 is 1.30 bits per heavy atom. The number of hydrogen-bond acceptors (Lipinski definition) is 5. The van der Waals surface area contributed by atoms with Gasteiger partial charge in [0.2, 0.25) is 0 Å². The third-order valence-electron chi connectivity index (χ3n) is 2.53. The van der Waals surface area contributed by atoms with E-state index in [-0.39, 0.29) is 16.2 Å². The lowest BCUT2D eigenvalue weighted by Gasteiger charge is -2.19. The van der Waals surface area contributed by atoms with E-state index in [9.17, 15) is 22.8 Å². The van der Waals surface area contributed by atoms with Crippen molar-refractivity contribution >= 4 is 23.5 Å². The van der Waals surface area contributed by atoms with E-state index in [1.807, 2.05) is 0 Å². The predicted octanol–water partition coefficient (Wildman–Crippen LogP) is 3.57. The average molecular weight is 353 g/mol. The summed E-state index contributed by atoms with van der Waals surface area (Å²) in [6, 6.07) is 3.17. The van der Waals surface area contributed by atoms with Crippen LogP contribution in [0, 0.1) is 0 Å². The molecule has 1 aromatic carbocycles. The number of halogens is 4. The summed E-state index contributed by atoms with van der Waals surface area (Å²) >= 11 is 5.72. The van der Waals surface area contributed by atoms with Gasteiger partial charge >= 0.3 is 18.3 Å². The highest BCUT2D eigenvalue weighted by Gasteiger charge is 2.32. The van der Waals surface area contributed by atoms with E-state index in [4.69, 9.17) is 16.3 Å². The molecule has 23 heavy (non-hydrogen) atoms. The van der Waals surface area contributed by atoms with Crippen molar-refractivity contribution in [1.29, 1.82) is 0 Å². The number of rotatable bonds is 5. The van der Waals surface area contributed by atoms with E-state index < -0.39 is 30.2 Å². The molecule has 0 aliphatic heterocycles. The Balaban J connectivity index is 3.17. The summed E-state index contributed by atoms with van der Waals surface area (Å²) in [7, 11) is 1.10. The minimum Gasteiger partial charge on any atom is -0.466 e. The molecule has 0 saturated heterocycles.